The van der Waals surface area contributed by atoms with Crippen molar-refractivity contribution in [3.05, 3.63) is 28.2 Å². The fourth-order valence-corrected chi connectivity index (χ4v) is 2.16. The van der Waals surface area contributed by atoms with E-state index in [2.05, 4.69) is 47.2 Å². The van der Waals surface area contributed by atoms with Crippen LogP contribution >= 0.6 is 15.9 Å². The zero-order valence-electron chi connectivity index (χ0n) is 11.3. The van der Waals surface area contributed by atoms with Crippen molar-refractivity contribution in [2.45, 2.75) is 32.9 Å². The molecule has 0 aliphatic carbocycles. The van der Waals surface area contributed by atoms with E-state index in [1.165, 1.54) is 5.56 Å². The summed E-state index contributed by atoms with van der Waals surface area (Å²) >= 11 is 3.48. The minimum Gasteiger partial charge on any atom is -0.496 e. The van der Waals surface area contributed by atoms with Gasteiger partial charge in [-0.2, -0.15) is 0 Å². The fraction of sp³-hybridized carbons (Fsp3) is 0.571. The highest BCUT2D eigenvalue weighted by Gasteiger charge is 2.01. The molecule has 0 spiro atoms. The van der Waals surface area contributed by atoms with Crippen LogP contribution < -0.4 is 10.1 Å². The molecule has 0 saturated carbocycles. The van der Waals surface area contributed by atoms with Gasteiger partial charge >= 0.3 is 0 Å². The molecule has 0 saturated heterocycles. The summed E-state index contributed by atoms with van der Waals surface area (Å²) in [7, 11) is 1.67. The molecule has 18 heavy (non-hydrogen) atoms. The minimum atomic E-state index is 0.322. The van der Waals surface area contributed by atoms with Crippen LogP contribution in [0.15, 0.2) is 22.7 Å². The van der Waals surface area contributed by atoms with E-state index in [4.69, 9.17) is 9.47 Å². The van der Waals surface area contributed by atoms with Crippen molar-refractivity contribution in [3.63, 3.8) is 0 Å². The maximum Gasteiger partial charge on any atom is 0.133 e. The molecule has 0 atom stereocenters. The highest BCUT2D eigenvalue weighted by molar-refractivity contribution is 9.10. The Morgan fingerprint density at radius 3 is 2.72 bits per heavy atom. The molecule has 0 heterocycles. The van der Waals surface area contributed by atoms with Crippen LogP contribution in [0, 0.1) is 0 Å². The summed E-state index contributed by atoms with van der Waals surface area (Å²) in [6.45, 7) is 6.77. The molecule has 102 valence electrons. The van der Waals surface area contributed by atoms with Crippen molar-refractivity contribution in [2.24, 2.45) is 0 Å². The Bertz CT molecular complexity index is 356. The van der Waals surface area contributed by atoms with Crippen molar-refractivity contribution >= 4 is 15.9 Å². The molecule has 1 rings (SSSR count). The summed E-state index contributed by atoms with van der Waals surface area (Å²) < 4.78 is 11.7. The van der Waals surface area contributed by atoms with E-state index >= 15 is 0 Å². The topological polar surface area (TPSA) is 30.5 Å². The smallest absolute Gasteiger partial charge is 0.133 e. The van der Waals surface area contributed by atoms with Crippen molar-refractivity contribution < 1.29 is 9.47 Å². The van der Waals surface area contributed by atoms with Gasteiger partial charge in [-0.1, -0.05) is 6.07 Å². The predicted molar refractivity (Wildman–Crippen MR) is 78.1 cm³/mol. The average molecular weight is 316 g/mol. The van der Waals surface area contributed by atoms with Gasteiger partial charge in [-0.25, -0.2) is 0 Å². The lowest BCUT2D eigenvalue weighted by Crippen LogP contribution is -2.17. The van der Waals surface area contributed by atoms with Crippen LogP contribution in [0.25, 0.3) is 0 Å². The molecular formula is C14H22BrNO2. The van der Waals surface area contributed by atoms with Gasteiger partial charge < -0.3 is 14.8 Å². The first kappa shape index (κ1) is 15.5. The lowest BCUT2D eigenvalue weighted by molar-refractivity contribution is 0.0770. The number of methoxy groups -OCH3 is 1. The van der Waals surface area contributed by atoms with E-state index < -0.39 is 0 Å². The molecular weight excluding hydrogens is 294 g/mol. The maximum atomic E-state index is 5.48. The molecule has 4 heteroatoms. The number of ether oxygens (including phenoxy) is 2. The first-order valence-corrected chi connectivity index (χ1v) is 7.07. The highest BCUT2D eigenvalue weighted by Crippen LogP contribution is 2.25. The first-order valence-electron chi connectivity index (χ1n) is 6.28. The first-order chi connectivity index (χ1) is 8.63. The van der Waals surface area contributed by atoms with E-state index in [-0.39, 0.29) is 0 Å². The normalized spacial score (nSPS) is 10.9. The molecule has 1 aromatic carbocycles. The third-order valence-electron chi connectivity index (χ3n) is 2.49. The highest BCUT2D eigenvalue weighted by atomic mass is 79.9. The van der Waals surface area contributed by atoms with E-state index in [0.717, 1.165) is 36.3 Å². The van der Waals surface area contributed by atoms with E-state index in [1.54, 1.807) is 7.11 Å². The summed E-state index contributed by atoms with van der Waals surface area (Å²) in [5, 5.41) is 3.40. The van der Waals surface area contributed by atoms with Crippen LogP contribution in [-0.4, -0.2) is 26.4 Å². The summed E-state index contributed by atoms with van der Waals surface area (Å²) in [6, 6.07) is 6.13. The van der Waals surface area contributed by atoms with Crippen molar-refractivity contribution in [2.75, 3.05) is 20.3 Å². The summed E-state index contributed by atoms with van der Waals surface area (Å²) in [6.07, 6.45) is 1.36. The average Bonchev–Trinajstić information content (AvgIpc) is 2.33. The Hall–Kier alpha value is -0.580. The van der Waals surface area contributed by atoms with Crippen LogP contribution in [0.3, 0.4) is 0 Å². The lowest BCUT2D eigenvalue weighted by Gasteiger charge is -2.09. The van der Waals surface area contributed by atoms with Crippen LogP contribution in [0.5, 0.6) is 5.75 Å². The molecule has 3 nitrogen and oxygen atoms in total. The number of benzene rings is 1. The van der Waals surface area contributed by atoms with Gasteiger partial charge in [0.05, 0.1) is 17.7 Å². The van der Waals surface area contributed by atoms with Gasteiger partial charge in [-0.05, 0) is 60.4 Å². The molecule has 0 aliphatic heterocycles. The van der Waals surface area contributed by atoms with Crippen LogP contribution in [-0.2, 0) is 11.3 Å². The Labute approximate surface area is 118 Å². The van der Waals surface area contributed by atoms with Crippen molar-refractivity contribution in [1.82, 2.24) is 5.32 Å². The SMILES string of the molecule is COc1ccc(CNCCCOC(C)C)cc1Br. The third-order valence-corrected chi connectivity index (χ3v) is 3.11. The second kappa shape index (κ2) is 8.51. The van der Waals surface area contributed by atoms with Gasteiger partial charge in [0, 0.05) is 13.2 Å². The molecule has 0 unspecified atom stereocenters. The van der Waals surface area contributed by atoms with Gasteiger partial charge in [0.1, 0.15) is 5.75 Å². The molecule has 0 bridgehead atoms. The Balaban J connectivity index is 2.21. The predicted octanol–water partition coefficient (Wildman–Crippen LogP) is 3.36. The van der Waals surface area contributed by atoms with Gasteiger partial charge in [-0.15, -0.1) is 0 Å². The molecule has 1 aromatic rings. The van der Waals surface area contributed by atoms with E-state index in [9.17, 15) is 0 Å². The molecule has 0 radical (unpaired) electrons. The largest absolute Gasteiger partial charge is 0.496 e. The number of hydrogen-bond donors (Lipinski definition) is 1. The van der Waals surface area contributed by atoms with Crippen LogP contribution in [0.2, 0.25) is 0 Å². The second-order valence-corrected chi connectivity index (χ2v) is 5.27. The third kappa shape index (κ3) is 5.85. The quantitative estimate of drug-likeness (QED) is 0.746. The Morgan fingerprint density at radius 1 is 1.33 bits per heavy atom. The van der Waals surface area contributed by atoms with Gasteiger partial charge in [0.15, 0.2) is 0 Å². The molecule has 1 N–H and O–H groups in total. The maximum absolute atomic E-state index is 5.48. The number of halogens is 1. The molecule has 0 aliphatic rings. The zero-order chi connectivity index (χ0) is 13.4. The fourth-order valence-electron chi connectivity index (χ4n) is 1.57. The number of nitrogens with one attached hydrogen (secondary N) is 1. The van der Waals surface area contributed by atoms with E-state index in [0.29, 0.717) is 6.10 Å². The molecule has 0 fully saturated rings. The summed E-state index contributed by atoms with van der Waals surface area (Å²) in [5.41, 5.74) is 1.24. The lowest BCUT2D eigenvalue weighted by atomic mass is 10.2. The molecule has 0 amide bonds. The van der Waals surface area contributed by atoms with Crippen molar-refractivity contribution in [1.29, 1.82) is 0 Å². The van der Waals surface area contributed by atoms with Gasteiger partial charge in [0.2, 0.25) is 0 Å². The van der Waals surface area contributed by atoms with E-state index in [1.807, 2.05) is 6.07 Å². The Morgan fingerprint density at radius 2 is 2.11 bits per heavy atom. The van der Waals surface area contributed by atoms with Crippen molar-refractivity contribution in [3.8, 4) is 5.75 Å². The Kier molecular flexibility index (Phi) is 7.32. The summed E-state index contributed by atoms with van der Waals surface area (Å²) in [4.78, 5) is 0. The van der Waals surface area contributed by atoms with Crippen LogP contribution in [0.4, 0.5) is 0 Å². The zero-order valence-corrected chi connectivity index (χ0v) is 12.9. The number of rotatable bonds is 8. The van der Waals surface area contributed by atoms with Gasteiger partial charge in [-0.3, -0.25) is 0 Å². The number of hydrogen-bond acceptors (Lipinski definition) is 3. The second-order valence-electron chi connectivity index (χ2n) is 4.42. The monoisotopic (exact) mass is 315 g/mol. The minimum absolute atomic E-state index is 0.322. The molecule has 0 aromatic heterocycles. The summed E-state index contributed by atoms with van der Waals surface area (Å²) in [5.74, 6) is 0.865. The standard InChI is InChI=1S/C14H22BrNO2/c1-11(2)18-8-4-7-16-10-12-5-6-14(17-3)13(15)9-12/h5-6,9,11,16H,4,7-8,10H2,1-3H3. The van der Waals surface area contributed by atoms with Crippen LogP contribution in [0.1, 0.15) is 25.8 Å². The van der Waals surface area contributed by atoms with Gasteiger partial charge in [0.25, 0.3) is 0 Å².